The number of aliphatic hydroxyl groups is 1. The lowest BCUT2D eigenvalue weighted by atomic mass is 10.1. The number of nitro benzene ring substituents is 1. The second-order valence-corrected chi connectivity index (χ2v) is 4.67. The fourth-order valence-electron chi connectivity index (χ4n) is 2.25. The molecule has 0 radical (unpaired) electrons. The Balaban J connectivity index is 1.84. The molecule has 6 heteroatoms. The van der Waals surface area contributed by atoms with Crippen molar-refractivity contribution in [3.05, 3.63) is 34.4 Å². The second kappa shape index (κ2) is 6.49. The van der Waals surface area contributed by atoms with E-state index in [0.29, 0.717) is 25.4 Å². The van der Waals surface area contributed by atoms with E-state index in [2.05, 4.69) is 4.90 Å². The standard InChI is InChI=1S/C13H18N2O4/c16-11-4-3-7-14(10-11)8-9-19-13-6-2-1-5-12(13)15(17)18/h1-2,5-6,11,16H,3-4,7-10H2. The van der Waals surface area contributed by atoms with Crippen LogP contribution in [0, 0.1) is 10.1 Å². The van der Waals surface area contributed by atoms with E-state index >= 15 is 0 Å². The summed E-state index contributed by atoms with van der Waals surface area (Å²) in [5.74, 6) is 0.296. The third-order valence-electron chi connectivity index (χ3n) is 3.21. The number of ether oxygens (including phenoxy) is 1. The van der Waals surface area contributed by atoms with E-state index in [4.69, 9.17) is 4.74 Å². The maximum Gasteiger partial charge on any atom is 0.310 e. The first-order valence-electron chi connectivity index (χ1n) is 6.43. The Morgan fingerprint density at radius 1 is 1.47 bits per heavy atom. The Morgan fingerprint density at radius 2 is 2.26 bits per heavy atom. The molecule has 0 bridgehead atoms. The summed E-state index contributed by atoms with van der Waals surface area (Å²) < 4.78 is 5.47. The van der Waals surface area contributed by atoms with Crippen LogP contribution in [-0.2, 0) is 0 Å². The molecule has 6 nitrogen and oxygen atoms in total. The SMILES string of the molecule is O=[N+]([O-])c1ccccc1OCCN1CCCC(O)C1. The molecule has 0 spiro atoms. The normalized spacial score (nSPS) is 20.2. The van der Waals surface area contributed by atoms with Crippen molar-refractivity contribution in [1.82, 2.24) is 4.90 Å². The molecular weight excluding hydrogens is 248 g/mol. The molecular formula is C13H18N2O4. The van der Waals surface area contributed by atoms with Crippen molar-refractivity contribution in [1.29, 1.82) is 0 Å². The molecule has 1 saturated heterocycles. The van der Waals surface area contributed by atoms with Crippen LogP contribution in [0.5, 0.6) is 5.75 Å². The van der Waals surface area contributed by atoms with E-state index in [0.717, 1.165) is 19.4 Å². The monoisotopic (exact) mass is 266 g/mol. The Bertz CT molecular complexity index is 438. The zero-order valence-corrected chi connectivity index (χ0v) is 10.7. The molecule has 0 aromatic heterocycles. The molecule has 104 valence electrons. The molecule has 1 unspecified atom stereocenters. The Morgan fingerprint density at radius 3 is 3.00 bits per heavy atom. The van der Waals surface area contributed by atoms with E-state index in [1.807, 2.05) is 0 Å². The average Bonchev–Trinajstić information content (AvgIpc) is 2.39. The van der Waals surface area contributed by atoms with Crippen LogP contribution in [0.15, 0.2) is 24.3 Å². The molecule has 1 heterocycles. The summed E-state index contributed by atoms with van der Waals surface area (Å²) in [6.07, 6.45) is 1.56. The predicted octanol–water partition coefficient (Wildman–Crippen LogP) is 1.43. The van der Waals surface area contributed by atoms with Crippen LogP contribution in [0.25, 0.3) is 0 Å². The number of rotatable bonds is 5. The van der Waals surface area contributed by atoms with Gasteiger partial charge in [0.1, 0.15) is 6.61 Å². The zero-order chi connectivity index (χ0) is 13.7. The summed E-state index contributed by atoms with van der Waals surface area (Å²) >= 11 is 0. The van der Waals surface area contributed by atoms with Gasteiger partial charge in [0, 0.05) is 19.2 Å². The van der Waals surface area contributed by atoms with Crippen molar-refractivity contribution in [2.24, 2.45) is 0 Å². The average molecular weight is 266 g/mol. The van der Waals surface area contributed by atoms with Crippen molar-refractivity contribution in [2.75, 3.05) is 26.2 Å². The first-order valence-corrected chi connectivity index (χ1v) is 6.43. The third-order valence-corrected chi connectivity index (χ3v) is 3.21. The minimum atomic E-state index is -0.444. The number of aliphatic hydroxyl groups excluding tert-OH is 1. The highest BCUT2D eigenvalue weighted by atomic mass is 16.6. The quantitative estimate of drug-likeness (QED) is 0.644. The van der Waals surface area contributed by atoms with Crippen LogP contribution >= 0.6 is 0 Å². The van der Waals surface area contributed by atoms with Crippen molar-refractivity contribution < 1.29 is 14.8 Å². The van der Waals surface area contributed by atoms with Gasteiger partial charge < -0.3 is 9.84 Å². The van der Waals surface area contributed by atoms with Crippen LogP contribution in [0.2, 0.25) is 0 Å². The highest BCUT2D eigenvalue weighted by molar-refractivity contribution is 5.45. The molecule has 1 aliphatic rings. The van der Waals surface area contributed by atoms with Crippen LogP contribution in [0.3, 0.4) is 0 Å². The summed E-state index contributed by atoms with van der Waals surface area (Å²) in [6, 6.07) is 6.36. The molecule has 0 amide bonds. The predicted molar refractivity (Wildman–Crippen MR) is 70.3 cm³/mol. The molecule has 1 fully saturated rings. The maximum absolute atomic E-state index is 10.8. The van der Waals surface area contributed by atoms with E-state index < -0.39 is 4.92 Å². The third kappa shape index (κ3) is 3.90. The van der Waals surface area contributed by atoms with Crippen LogP contribution in [0.1, 0.15) is 12.8 Å². The number of β-amino-alcohol motifs (C(OH)–C–C–N with tert-alkyl or cyclic N) is 1. The number of hydrogen-bond acceptors (Lipinski definition) is 5. The lowest BCUT2D eigenvalue weighted by Gasteiger charge is -2.29. The summed E-state index contributed by atoms with van der Waals surface area (Å²) in [5.41, 5.74) is -0.0128. The fraction of sp³-hybridized carbons (Fsp3) is 0.538. The molecule has 1 atom stereocenters. The second-order valence-electron chi connectivity index (χ2n) is 4.67. The minimum Gasteiger partial charge on any atom is -0.485 e. The van der Waals surface area contributed by atoms with Crippen molar-refractivity contribution in [2.45, 2.75) is 18.9 Å². The number of hydrogen-bond donors (Lipinski definition) is 1. The lowest BCUT2D eigenvalue weighted by Crippen LogP contribution is -2.40. The highest BCUT2D eigenvalue weighted by Gasteiger charge is 2.18. The summed E-state index contributed by atoms with van der Waals surface area (Å²) in [7, 11) is 0. The summed E-state index contributed by atoms with van der Waals surface area (Å²) in [6.45, 7) is 2.65. The molecule has 1 aromatic rings. The minimum absolute atomic E-state index is 0.0128. The van der Waals surface area contributed by atoms with Gasteiger partial charge in [-0.2, -0.15) is 0 Å². The number of para-hydroxylation sites is 2. The first kappa shape index (κ1) is 13.8. The Labute approximate surface area is 111 Å². The van der Waals surface area contributed by atoms with Gasteiger partial charge in [-0.15, -0.1) is 0 Å². The largest absolute Gasteiger partial charge is 0.485 e. The van der Waals surface area contributed by atoms with Gasteiger partial charge in [0.2, 0.25) is 0 Å². The topological polar surface area (TPSA) is 75.8 Å². The smallest absolute Gasteiger partial charge is 0.310 e. The number of likely N-dealkylation sites (tertiary alicyclic amines) is 1. The Kier molecular flexibility index (Phi) is 4.70. The Hall–Kier alpha value is -1.66. The van der Waals surface area contributed by atoms with Crippen molar-refractivity contribution in [3.8, 4) is 5.75 Å². The van der Waals surface area contributed by atoms with Gasteiger partial charge in [-0.05, 0) is 25.5 Å². The van der Waals surface area contributed by atoms with E-state index in [1.54, 1.807) is 18.2 Å². The molecule has 1 aromatic carbocycles. The molecule has 2 rings (SSSR count). The van der Waals surface area contributed by atoms with Gasteiger partial charge >= 0.3 is 5.69 Å². The highest BCUT2D eigenvalue weighted by Crippen LogP contribution is 2.25. The van der Waals surface area contributed by atoms with Gasteiger partial charge in [-0.25, -0.2) is 0 Å². The zero-order valence-electron chi connectivity index (χ0n) is 10.7. The van der Waals surface area contributed by atoms with E-state index in [9.17, 15) is 15.2 Å². The van der Waals surface area contributed by atoms with Crippen LogP contribution in [0.4, 0.5) is 5.69 Å². The number of nitrogens with zero attached hydrogens (tertiary/aromatic N) is 2. The van der Waals surface area contributed by atoms with Gasteiger partial charge in [-0.1, -0.05) is 12.1 Å². The molecule has 1 N–H and O–H groups in total. The molecule has 19 heavy (non-hydrogen) atoms. The van der Waals surface area contributed by atoms with Gasteiger partial charge in [0.25, 0.3) is 0 Å². The summed E-state index contributed by atoms with van der Waals surface area (Å²) in [5, 5.41) is 20.4. The van der Waals surface area contributed by atoms with E-state index in [-0.39, 0.29) is 11.8 Å². The summed E-state index contributed by atoms with van der Waals surface area (Å²) in [4.78, 5) is 12.5. The number of benzene rings is 1. The van der Waals surface area contributed by atoms with Crippen molar-refractivity contribution >= 4 is 5.69 Å². The van der Waals surface area contributed by atoms with Crippen LogP contribution < -0.4 is 4.74 Å². The van der Waals surface area contributed by atoms with Gasteiger partial charge in [0.05, 0.1) is 11.0 Å². The molecule has 0 aliphatic carbocycles. The first-order chi connectivity index (χ1) is 9.16. The number of nitro groups is 1. The van der Waals surface area contributed by atoms with Crippen molar-refractivity contribution in [3.63, 3.8) is 0 Å². The molecule has 0 saturated carbocycles. The number of piperidine rings is 1. The lowest BCUT2D eigenvalue weighted by molar-refractivity contribution is -0.385. The van der Waals surface area contributed by atoms with Gasteiger partial charge in [-0.3, -0.25) is 15.0 Å². The van der Waals surface area contributed by atoms with E-state index in [1.165, 1.54) is 6.07 Å². The van der Waals surface area contributed by atoms with Gasteiger partial charge in [0.15, 0.2) is 5.75 Å². The maximum atomic E-state index is 10.8. The van der Waals surface area contributed by atoms with Crippen LogP contribution in [-0.4, -0.2) is 47.3 Å². The molecule has 1 aliphatic heterocycles. The fourth-order valence-corrected chi connectivity index (χ4v) is 2.25.